The van der Waals surface area contributed by atoms with E-state index in [4.69, 9.17) is 4.74 Å². The lowest BCUT2D eigenvalue weighted by atomic mass is 10.1. The molecular formula is C21H27N5O3S. The van der Waals surface area contributed by atoms with E-state index in [-0.39, 0.29) is 18.0 Å². The van der Waals surface area contributed by atoms with Gasteiger partial charge in [-0.05, 0) is 54.7 Å². The second-order valence-electron chi connectivity index (χ2n) is 6.85. The molecule has 1 amide bonds. The second-order valence-corrected chi connectivity index (χ2v) is 8.08. The molecule has 0 aliphatic heterocycles. The quantitative estimate of drug-likeness (QED) is 0.471. The molecule has 2 heterocycles. The number of benzene rings is 1. The van der Waals surface area contributed by atoms with Gasteiger partial charge in [0.25, 0.3) is 5.56 Å². The molecule has 0 saturated carbocycles. The maximum atomic E-state index is 12.7. The summed E-state index contributed by atoms with van der Waals surface area (Å²) in [5, 5.41) is 11.3. The van der Waals surface area contributed by atoms with E-state index in [2.05, 4.69) is 22.4 Å². The average molecular weight is 430 g/mol. The van der Waals surface area contributed by atoms with Gasteiger partial charge in [0.15, 0.2) is 0 Å². The van der Waals surface area contributed by atoms with Crippen LogP contribution in [0.5, 0.6) is 5.75 Å². The minimum absolute atomic E-state index is 0.110. The van der Waals surface area contributed by atoms with Gasteiger partial charge in [0, 0.05) is 12.1 Å². The zero-order valence-corrected chi connectivity index (χ0v) is 18.2. The van der Waals surface area contributed by atoms with Crippen molar-refractivity contribution in [1.82, 2.24) is 24.7 Å². The van der Waals surface area contributed by atoms with E-state index < -0.39 is 0 Å². The molecule has 160 valence electrons. The number of hydrogen-bond donors (Lipinski definition) is 1. The molecule has 2 aromatic heterocycles. The molecule has 9 heteroatoms. The van der Waals surface area contributed by atoms with Crippen molar-refractivity contribution >= 4 is 23.2 Å². The molecule has 0 saturated heterocycles. The molecule has 0 aliphatic carbocycles. The molecule has 0 bridgehead atoms. The van der Waals surface area contributed by atoms with Crippen LogP contribution in [0.15, 0.2) is 41.5 Å². The van der Waals surface area contributed by atoms with Gasteiger partial charge in [0.2, 0.25) is 5.91 Å². The van der Waals surface area contributed by atoms with Crippen molar-refractivity contribution in [3.8, 4) is 17.0 Å². The van der Waals surface area contributed by atoms with Crippen LogP contribution < -0.4 is 15.6 Å². The standard InChI is InChI=1S/C21H27N5O3S/c1-3-4-11-30-12-5-10-22-20(27)14-25-21(28)19-13-18(24-26(19)15-23-25)16-6-8-17(29-2)9-7-16/h6-9,13,15H,3-5,10-12,14H2,1-2H3,(H,22,27). The first-order valence-corrected chi connectivity index (χ1v) is 11.2. The predicted molar refractivity (Wildman–Crippen MR) is 119 cm³/mol. The van der Waals surface area contributed by atoms with Gasteiger partial charge in [0.1, 0.15) is 24.1 Å². The fourth-order valence-electron chi connectivity index (χ4n) is 2.90. The zero-order chi connectivity index (χ0) is 21.3. The van der Waals surface area contributed by atoms with E-state index in [0.29, 0.717) is 17.8 Å². The normalized spacial score (nSPS) is 11.0. The molecule has 0 spiro atoms. The van der Waals surface area contributed by atoms with Gasteiger partial charge < -0.3 is 10.1 Å². The number of unbranched alkanes of at least 4 members (excludes halogenated alkanes) is 1. The van der Waals surface area contributed by atoms with E-state index in [0.717, 1.165) is 29.2 Å². The summed E-state index contributed by atoms with van der Waals surface area (Å²) in [7, 11) is 1.61. The smallest absolute Gasteiger partial charge is 0.293 e. The van der Waals surface area contributed by atoms with Crippen LogP contribution in [0.3, 0.4) is 0 Å². The highest BCUT2D eigenvalue weighted by molar-refractivity contribution is 7.99. The molecule has 3 rings (SSSR count). The Morgan fingerprint density at radius 3 is 2.70 bits per heavy atom. The Morgan fingerprint density at radius 1 is 1.20 bits per heavy atom. The number of fused-ring (bicyclic) bond motifs is 1. The highest BCUT2D eigenvalue weighted by Crippen LogP contribution is 2.21. The lowest BCUT2D eigenvalue weighted by Gasteiger charge is -2.06. The molecule has 0 atom stereocenters. The lowest BCUT2D eigenvalue weighted by Crippen LogP contribution is -2.34. The molecule has 0 unspecified atom stereocenters. The minimum atomic E-state index is -0.352. The van der Waals surface area contributed by atoms with Gasteiger partial charge in [-0.2, -0.15) is 22.0 Å². The number of carbonyl (C=O) groups is 1. The van der Waals surface area contributed by atoms with E-state index in [1.807, 2.05) is 36.0 Å². The summed E-state index contributed by atoms with van der Waals surface area (Å²) in [6.07, 6.45) is 4.79. The SMILES string of the molecule is CCCCSCCCNC(=O)Cn1ncn2nc(-c3ccc(OC)cc3)cc2c1=O. The first kappa shape index (κ1) is 21.9. The molecule has 0 radical (unpaired) electrons. The van der Waals surface area contributed by atoms with Crippen LogP contribution in [0.2, 0.25) is 0 Å². The summed E-state index contributed by atoms with van der Waals surface area (Å²) in [4.78, 5) is 24.9. The molecule has 8 nitrogen and oxygen atoms in total. The van der Waals surface area contributed by atoms with E-state index in [1.54, 1.807) is 13.2 Å². The number of thioether (sulfide) groups is 1. The topological polar surface area (TPSA) is 90.5 Å². The van der Waals surface area contributed by atoms with Gasteiger partial charge in [-0.25, -0.2) is 9.20 Å². The summed E-state index contributed by atoms with van der Waals surface area (Å²) in [5.74, 6) is 2.71. The number of ether oxygens (including phenoxy) is 1. The zero-order valence-electron chi connectivity index (χ0n) is 17.3. The largest absolute Gasteiger partial charge is 0.497 e. The number of rotatable bonds is 11. The van der Waals surface area contributed by atoms with E-state index >= 15 is 0 Å². The molecule has 0 aliphatic rings. The maximum Gasteiger partial charge on any atom is 0.293 e. The molecule has 1 aromatic carbocycles. The highest BCUT2D eigenvalue weighted by Gasteiger charge is 2.12. The number of amides is 1. The maximum absolute atomic E-state index is 12.7. The number of carbonyl (C=O) groups excluding carboxylic acids is 1. The van der Waals surface area contributed by atoms with Crippen molar-refractivity contribution in [2.75, 3.05) is 25.2 Å². The van der Waals surface area contributed by atoms with Crippen LogP contribution in [0.25, 0.3) is 16.8 Å². The Morgan fingerprint density at radius 2 is 1.97 bits per heavy atom. The van der Waals surface area contributed by atoms with Gasteiger partial charge in [0.05, 0.1) is 12.8 Å². The summed E-state index contributed by atoms with van der Waals surface area (Å²) in [6.45, 7) is 2.67. The molecule has 0 fully saturated rings. The summed E-state index contributed by atoms with van der Waals surface area (Å²) in [6, 6.07) is 9.12. The van der Waals surface area contributed by atoms with Crippen LogP contribution in [0.4, 0.5) is 0 Å². The fourth-order valence-corrected chi connectivity index (χ4v) is 3.94. The first-order chi connectivity index (χ1) is 14.6. The molecule has 3 aromatic rings. The molecule has 30 heavy (non-hydrogen) atoms. The van der Waals surface area contributed by atoms with Crippen molar-refractivity contribution in [1.29, 1.82) is 0 Å². The van der Waals surface area contributed by atoms with Crippen molar-refractivity contribution < 1.29 is 9.53 Å². The van der Waals surface area contributed by atoms with Crippen molar-refractivity contribution in [3.05, 3.63) is 47.0 Å². The van der Waals surface area contributed by atoms with Gasteiger partial charge >= 0.3 is 0 Å². The highest BCUT2D eigenvalue weighted by atomic mass is 32.2. The average Bonchev–Trinajstić information content (AvgIpc) is 3.20. The number of nitrogens with one attached hydrogen (secondary N) is 1. The summed E-state index contributed by atoms with van der Waals surface area (Å²) in [5.41, 5.74) is 1.53. The Hall–Kier alpha value is -2.81. The van der Waals surface area contributed by atoms with Crippen LogP contribution in [0.1, 0.15) is 26.2 Å². The fraction of sp³-hybridized carbons (Fsp3) is 0.429. The van der Waals surface area contributed by atoms with Crippen LogP contribution in [-0.2, 0) is 11.3 Å². The Kier molecular flexibility index (Phi) is 7.89. The van der Waals surface area contributed by atoms with Gasteiger partial charge in [-0.3, -0.25) is 9.59 Å². The van der Waals surface area contributed by atoms with E-state index in [9.17, 15) is 9.59 Å². The first-order valence-electron chi connectivity index (χ1n) is 10.1. The van der Waals surface area contributed by atoms with Crippen molar-refractivity contribution in [2.45, 2.75) is 32.7 Å². The third kappa shape index (κ3) is 5.63. The Bertz CT molecular complexity index is 1030. The van der Waals surface area contributed by atoms with Crippen LogP contribution in [-0.4, -0.2) is 50.5 Å². The lowest BCUT2D eigenvalue weighted by molar-refractivity contribution is -0.121. The Balaban J connectivity index is 1.61. The third-order valence-electron chi connectivity index (χ3n) is 4.60. The molecule has 1 N–H and O–H groups in total. The van der Waals surface area contributed by atoms with Crippen LogP contribution in [0, 0.1) is 0 Å². The van der Waals surface area contributed by atoms with Gasteiger partial charge in [-0.15, -0.1) is 0 Å². The number of methoxy groups -OCH3 is 1. The van der Waals surface area contributed by atoms with Crippen molar-refractivity contribution in [2.24, 2.45) is 0 Å². The second kappa shape index (κ2) is 10.8. The monoisotopic (exact) mass is 429 g/mol. The van der Waals surface area contributed by atoms with E-state index in [1.165, 1.54) is 28.4 Å². The third-order valence-corrected chi connectivity index (χ3v) is 5.75. The number of aromatic nitrogens is 4. The Labute approximate surface area is 179 Å². The predicted octanol–water partition coefficient (Wildman–Crippen LogP) is 2.61. The van der Waals surface area contributed by atoms with Crippen molar-refractivity contribution in [3.63, 3.8) is 0 Å². The number of nitrogens with zero attached hydrogens (tertiary/aromatic N) is 4. The number of hydrogen-bond acceptors (Lipinski definition) is 6. The molecular weight excluding hydrogens is 402 g/mol. The minimum Gasteiger partial charge on any atom is -0.497 e. The van der Waals surface area contributed by atoms with Gasteiger partial charge in [-0.1, -0.05) is 13.3 Å². The summed E-state index contributed by atoms with van der Waals surface area (Å²) >= 11 is 1.90. The van der Waals surface area contributed by atoms with Crippen LogP contribution >= 0.6 is 11.8 Å². The summed E-state index contributed by atoms with van der Waals surface area (Å²) < 4.78 is 7.77.